The highest BCUT2D eigenvalue weighted by atomic mass is 16.3. The van der Waals surface area contributed by atoms with E-state index in [1.54, 1.807) is 4.90 Å². The van der Waals surface area contributed by atoms with E-state index >= 15 is 0 Å². The number of benzene rings is 1. The molecule has 2 aliphatic heterocycles. The van der Waals surface area contributed by atoms with Gasteiger partial charge in [0, 0.05) is 43.5 Å². The third-order valence-corrected chi connectivity index (χ3v) is 5.15. The molecule has 3 N–H and O–H groups in total. The predicted octanol–water partition coefficient (Wildman–Crippen LogP) is 1.78. The van der Waals surface area contributed by atoms with Crippen molar-refractivity contribution < 1.29 is 14.7 Å². The van der Waals surface area contributed by atoms with Crippen molar-refractivity contribution in [2.45, 2.75) is 38.1 Å². The van der Waals surface area contributed by atoms with Crippen molar-refractivity contribution in [2.75, 3.05) is 43.0 Å². The Bertz CT molecular complexity index is 620. The van der Waals surface area contributed by atoms with Crippen LogP contribution >= 0.6 is 0 Å². The Balaban J connectivity index is 1.42. The molecule has 2 fully saturated rings. The number of nitrogens with zero attached hydrogens (tertiary/aromatic N) is 2. The molecule has 2 aliphatic rings. The van der Waals surface area contributed by atoms with E-state index in [1.165, 1.54) is 0 Å². The number of aliphatic hydroxyl groups is 1. The van der Waals surface area contributed by atoms with Crippen molar-refractivity contribution in [1.82, 2.24) is 10.2 Å². The van der Waals surface area contributed by atoms with Crippen molar-refractivity contribution in [3.63, 3.8) is 0 Å². The Labute approximate surface area is 154 Å². The number of anilines is 2. The minimum Gasteiger partial charge on any atom is -0.395 e. The summed E-state index contributed by atoms with van der Waals surface area (Å²) in [6, 6.07) is 7.32. The number of carbonyl (C=O) groups excluding carboxylic acids is 2. The molecule has 2 heterocycles. The van der Waals surface area contributed by atoms with Gasteiger partial charge in [0.1, 0.15) is 0 Å². The standard InChI is InChI=1S/C19H28N4O3/c24-14-17-4-1-2-11-22(17)13-10-20-19(26)21-15-6-8-16(9-7-15)23-12-3-5-18(23)25/h6-9,17,24H,1-5,10-14H2,(H2,20,21,26)/t17-/m0/s1. The van der Waals surface area contributed by atoms with E-state index in [2.05, 4.69) is 15.5 Å². The molecule has 0 spiro atoms. The van der Waals surface area contributed by atoms with E-state index < -0.39 is 0 Å². The fraction of sp³-hybridized carbons (Fsp3) is 0.579. The maximum absolute atomic E-state index is 12.0. The average molecular weight is 360 g/mol. The molecule has 1 aromatic rings. The molecule has 2 saturated heterocycles. The highest BCUT2D eigenvalue weighted by molar-refractivity contribution is 5.96. The fourth-order valence-electron chi connectivity index (χ4n) is 3.70. The zero-order valence-corrected chi connectivity index (χ0v) is 15.1. The molecule has 142 valence electrons. The molecule has 0 saturated carbocycles. The molecular formula is C19H28N4O3. The van der Waals surface area contributed by atoms with E-state index in [0.29, 0.717) is 18.7 Å². The van der Waals surface area contributed by atoms with Crippen LogP contribution in [0.4, 0.5) is 16.2 Å². The molecule has 3 amide bonds. The summed E-state index contributed by atoms with van der Waals surface area (Å²) in [5.74, 6) is 0.155. The van der Waals surface area contributed by atoms with Crippen LogP contribution in [0.3, 0.4) is 0 Å². The lowest BCUT2D eigenvalue weighted by Crippen LogP contribution is -2.46. The smallest absolute Gasteiger partial charge is 0.319 e. The van der Waals surface area contributed by atoms with Gasteiger partial charge < -0.3 is 20.6 Å². The zero-order chi connectivity index (χ0) is 18.4. The Kier molecular flexibility index (Phi) is 6.46. The van der Waals surface area contributed by atoms with Gasteiger partial charge in [-0.25, -0.2) is 4.79 Å². The number of amides is 3. The molecule has 3 rings (SSSR count). The maximum Gasteiger partial charge on any atom is 0.319 e. The second-order valence-corrected chi connectivity index (χ2v) is 6.94. The first kappa shape index (κ1) is 18.7. The van der Waals surface area contributed by atoms with Crippen LogP contribution in [0, 0.1) is 0 Å². The molecule has 7 heteroatoms. The van der Waals surface area contributed by atoms with Crippen LogP contribution in [0.5, 0.6) is 0 Å². The minimum atomic E-state index is -0.243. The van der Waals surface area contributed by atoms with Gasteiger partial charge in [-0.3, -0.25) is 9.69 Å². The largest absolute Gasteiger partial charge is 0.395 e. The highest BCUT2D eigenvalue weighted by Gasteiger charge is 2.22. The molecule has 0 aliphatic carbocycles. The maximum atomic E-state index is 12.0. The molecule has 1 aromatic carbocycles. The first-order valence-electron chi connectivity index (χ1n) is 9.47. The van der Waals surface area contributed by atoms with Crippen LogP contribution in [0.25, 0.3) is 0 Å². The number of rotatable bonds is 6. The van der Waals surface area contributed by atoms with Crippen LogP contribution in [-0.4, -0.2) is 60.8 Å². The van der Waals surface area contributed by atoms with Gasteiger partial charge in [0.25, 0.3) is 0 Å². The lowest BCUT2D eigenvalue weighted by molar-refractivity contribution is -0.117. The van der Waals surface area contributed by atoms with Gasteiger partial charge in [0.05, 0.1) is 6.61 Å². The second kappa shape index (κ2) is 9.00. The van der Waals surface area contributed by atoms with Crippen LogP contribution < -0.4 is 15.5 Å². The number of hydrogen-bond donors (Lipinski definition) is 3. The van der Waals surface area contributed by atoms with Gasteiger partial charge >= 0.3 is 6.03 Å². The fourth-order valence-corrected chi connectivity index (χ4v) is 3.70. The van der Waals surface area contributed by atoms with Crippen molar-refractivity contribution in [3.05, 3.63) is 24.3 Å². The van der Waals surface area contributed by atoms with Crippen molar-refractivity contribution in [2.24, 2.45) is 0 Å². The molecular weight excluding hydrogens is 332 g/mol. The molecule has 0 unspecified atom stereocenters. The van der Waals surface area contributed by atoms with Gasteiger partial charge in [-0.2, -0.15) is 0 Å². The van der Waals surface area contributed by atoms with Crippen LogP contribution in [-0.2, 0) is 4.79 Å². The summed E-state index contributed by atoms with van der Waals surface area (Å²) in [5.41, 5.74) is 1.57. The lowest BCUT2D eigenvalue weighted by Gasteiger charge is -2.34. The lowest BCUT2D eigenvalue weighted by atomic mass is 10.0. The number of likely N-dealkylation sites (tertiary alicyclic amines) is 1. The van der Waals surface area contributed by atoms with Gasteiger partial charge in [-0.1, -0.05) is 6.42 Å². The van der Waals surface area contributed by atoms with E-state index in [0.717, 1.165) is 51.0 Å². The number of nitrogens with one attached hydrogen (secondary N) is 2. The molecule has 1 atom stereocenters. The summed E-state index contributed by atoms with van der Waals surface area (Å²) >= 11 is 0. The number of aliphatic hydroxyl groups excluding tert-OH is 1. The SMILES string of the molecule is O=C(NCCN1CCCC[C@H]1CO)Nc1ccc(N2CCCC2=O)cc1. The Morgan fingerprint density at radius 2 is 1.96 bits per heavy atom. The highest BCUT2D eigenvalue weighted by Crippen LogP contribution is 2.23. The minimum absolute atomic E-state index is 0.155. The number of hydrogen-bond acceptors (Lipinski definition) is 4. The van der Waals surface area contributed by atoms with Crippen LogP contribution in [0.1, 0.15) is 32.1 Å². The van der Waals surface area contributed by atoms with Crippen molar-refractivity contribution in [3.8, 4) is 0 Å². The summed E-state index contributed by atoms with van der Waals surface area (Å²) in [4.78, 5) is 27.8. The first-order valence-corrected chi connectivity index (χ1v) is 9.47. The molecule has 0 bridgehead atoms. The molecule has 7 nitrogen and oxygen atoms in total. The van der Waals surface area contributed by atoms with Gasteiger partial charge in [-0.15, -0.1) is 0 Å². The van der Waals surface area contributed by atoms with Crippen molar-refractivity contribution in [1.29, 1.82) is 0 Å². The number of urea groups is 1. The summed E-state index contributed by atoms with van der Waals surface area (Å²) in [7, 11) is 0. The summed E-state index contributed by atoms with van der Waals surface area (Å²) < 4.78 is 0. The van der Waals surface area contributed by atoms with E-state index in [1.807, 2.05) is 24.3 Å². The first-order chi connectivity index (χ1) is 12.7. The van der Waals surface area contributed by atoms with Crippen LogP contribution in [0.15, 0.2) is 24.3 Å². The Hall–Kier alpha value is -2.12. The van der Waals surface area contributed by atoms with E-state index in [4.69, 9.17) is 0 Å². The molecule has 0 aromatic heterocycles. The monoisotopic (exact) mass is 360 g/mol. The van der Waals surface area contributed by atoms with Crippen LogP contribution in [0.2, 0.25) is 0 Å². The average Bonchev–Trinajstić information content (AvgIpc) is 3.09. The van der Waals surface area contributed by atoms with E-state index in [9.17, 15) is 14.7 Å². The number of carbonyl (C=O) groups is 2. The summed E-state index contributed by atoms with van der Waals surface area (Å²) in [6.45, 7) is 3.21. The Morgan fingerprint density at radius 3 is 2.65 bits per heavy atom. The topological polar surface area (TPSA) is 84.9 Å². The van der Waals surface area contributed by atoms with Gasteiger partial charge in [0.2, 0.25) is 5.91 Å². The number of piperidine rings is 1. The van der Waals surface area contributed by atoms with Crippen molar-refractivity contribution >= 4 is 23.3 Å². The summed E-state index contributed by atoms with van der Waals surface area (Å²) in [5, 5.41) is 15.1. The van der Waals surface area contributed by atoms with E-state index in [-0.39, 0.29) is 24.6 Å². The quantitative estimate of drug-likeness (QED) is 0.722. The third-order valence-electron chi connectivity index (χ3n) is 5.15. The third kappa shape index (κ3) is 4.74. The molecule has 26 heavy (non-hydrogen) atoms. The summed E-state index contributed by atoms with van der Waals surface area (Å²) in [6.07, 6.45) is 4.84. The van der Waals surface area contributed by atoms with Gasteiger partial charge in [0.15, 0.2) is 0 Å². The Morgan fingerprint density at radius 1 is 1.15 bits per heavy atom. The predicted molar refractivity (Wildman–Crippen MR) is 101 cm³/mol. The second-order valence-electron chi connectivity index (χ2n) is 6.94. The zero-order valence-electron chi connectivity index (χ0n) is 15.1. The van der Waals surface area contributed by atoms with Gasteiger partial charge in [-0.05, 0) is 50.1 Å². The molecule has 0 radical (unpaired) electrons. The normalized spacial score (nSPS) is 21.0.